The molecule has 1 fully saturated rings. The van der Waals surface area contributed by atoms with E-state index in [0.717, 1.165) is 38.4 Å². The lowest BCUT2D eigenvalue weighted by atomic mass is 9.83. The van der Waals surface area contributed by atoms with E-state index >= 15 is 0 Å². The van der Waals surface area contributed by atoms with Crippen LogP contribution in [0.5, 0.6) is 0 Å². The van der Waals surface area contributed by atoms with Gasteiger partial charge in [-0.25, -0.2) is 4.79 Å². The van der Waals surface area contributed by atoms with E-state index in [1.807, 2.05) is 0 Å². The molecule has 2 N–H and O–H groups in total. The second kappa shape index (κ2) is 8.92. The van der Waals surface area contributed by atoms with E-state index < -0.39 is 5.97 Å². The summed E-state index contributed by atoms with van der Waals surface area (Å²) < 4.78 is 5.30. The van der Waals surface area contributed by atoms with Gasteiger partial charge in [0.1, 0.15) is 5.76 Å². The maximum atomic E-state index is 12.4. The zero-order valence-electron chi connectivity index (χ0n) is 15.1. The minimum absolute atomic E-state index is 0.0497. The van der Waals surface area contributed by atoms with Gasteiger partial charge in [-0.1, -0.05) is 12.1 Å². The number of aliphatic imine (C=N–C) groups is 1. The number of aliphatic hydroxyl groups excluding tert-OH is 1. The molecule has 27 heavy (non-hydrogen) atoms. The molecule has 0 spiro atoms. The summed E-state index contributed by atoms with van der Waals surface area (Å²) in [6.45, 7) is 4.65. The third-order valence-electron chi connectivity index (χ3n) is 4.98. The second-order valence-electron chi connectivity index (χ2n) is 6.81. The maximum Gasteiger partial charge on any atom is 0.335 e. The molecular weight excluding hydrogens is 348 g/mol. The summed E-state index contributed by atoms with van der Waals surface area (Å²) in [7, 11) is 0. The van der Waals surface area contributed by atoms with Crippen molar-refractivity contribution in [1.82, 2.24) is 4.90 Å². The van der Waals surface area contributed by atoms with Crippen molar-refractivity contribution in [2.75, 3.05) is 39.4 Å². The number of morpholine rings is 1. The molecule has 1 saturated heterocycles. The number of carbonyl (C=O) groups excluding carboxylic acids is 1. The molecule has 7 nitrogen and oxygen atoms in total. The molecule has 1 aliphatic heterocycles. The molecule has 1 unspecified atom stereocenters. The van der Waals surface area contributed by atoms with Crippen LogP contribution in [0.1, 0.15) is 34.7 Å². The monoisotopic (exact) mass is 372 g/mol. The van der Waals surface area contributed by atoms with E-state index in [0.29, 0.717) is 13.0 Å². The first-order valence-corrected chi connectivity index (χ1v) is 9.13. The number of hydrogen-bond acceptors (Lipinski definition) is 6. The molecule has 7 heteroatoms. The molecule has 1 aromatic rings. The minimum atomic E-state index is -0.986. The summed E-state index contributed by atoms with van der Waals surface area (Å²) in [6, 6.07) is 6.45. The highest BCUT2D eigenvalue weighted by Crippen LogP contribution is 2.33. The van der Waals surface area contributed by atoms with Crippen LogP contribution in [0.2, 0.25) is 0 Å². The lowest BCUT2D eigenvalue weighted by Gasteiger charge is -2.25. The molecule has 0 saturated carbocycles. The molecule has 3 rings (SSSR count). The Balaban J connectivity index is 1.59. The number of benzene rings is 1. The van der Waals surface area contributed by atoms with E-state index in [-0.39, 0.29) is 35.0 Å². The summed E-state index contributed by atoms with van der Waals surface area (Å²) in [5.41, 5.74) is 1.34. The van der Waals surface area contributed by atoms with Crippen LogP contribution in [0.15, 0.2) is 40.6 Å². The Morgan fingerprint density at radius 3 is 2.56 bits per heavy atom. The number of carboxylic acids is 1. The Morgan fingerprint density at radius 1 is 1.22 bits per heavy atom. The van der Waals surface area contributed by atoms with Gasteiger partial charge in [0.15, 0.2) is 5.78 Å². The van der Waals surface area contributed by atoms with Crippen molar-refractivity contribution in [3.63, 3.8) is 0 Å². The molecule has 0 amide bonds. The van der Waals surface area contributed by atoms with E-state index in [1.54, 1.807) is 12.1 Å². The predicted molar refractivity (Wildman–Crippen MR) is 101 cm³/mol. The molecule has 0 aromatic heterocycles. The fourth-order valence-electron chi connectivity index (χ4n) is 3.37. The van der Waals surface area contributed by atoms with Gasteiger partial charge in [0.25, 0.3) is 0 Å². The van der Waals surface area contributed by atoms with Crippen LogP contribution in [0.3, 0.4) is 0 Å². The van der Waals surface area contributed by atoms with Crippen molar-refractivity contribution in [3.8, 4) is 0 Å². The van der Waals surface area contributed by atoms with Gasteiger partial charge in [-0.15, -0.1) is 0 Å². The SMILES string of the molecule is O=C1CC(c2ccc(C(=O)O)cc2)CC(O)=C1C=NCCN1CCOCC1. The van der Waals surface area contributed by atoms with Gasteiger partial charge in [-0.3, -0.25) is 14.7 Å². The molecule has 0 radical (unpaired) electrons. The van der Waals surface area contributed by atoms with Crippen LogP contribution in [-0.4, -0.2) is 72.5 Å². The van der Waals surface area contributed by atoms with Gasteiger partial charge in [0, 0.05) is 38.7 Å². The summed E-state index contributed by atoms with van der Waals surface area (Å²) in [6.07, 6.45) is 2.12. The highest BCUT2D eigenvalue weighted by atomic mass is 16.5. The van der Waals surface area contributed by atoms with Crippen LogP contribution >= 0.6 is 0 Å². The van der Waals surface area contributed by atoms with Gasteiger partial charge >= 0.3 is 5.97 Å². The van der Waals surface area contributed by atoms with E-state index in [2.05, 4.69) is 9.89 Å². The topological polar surface area (TPSA) is 99.4 Å². The largest absolute Gasteiger partial charge is 0.511 e. The normalized spacial score (nSPS) is 21.8. The Hall–Kier alpha value is -2.51. The van der Waals surface area contributed by atoms with E-state index in [9.17, 15) is 14.7 Å². The molecule has 1 aliphatic carbocycles. The fourth-order valence-corrected chi connectivity index (χ4v) is 3.37. The van der Waals surface area contributed by atoms with Gasteiger partial charge in [0.05, 0.1) is 30.9 Å². The first-order valence-electron chi connectivity index (χ1n) is 9.13. The van der Waals surface area contributed by atoms with Gasteiger partial charge in [-0.05, 0) is 23.6 Å². The highest BCUT2D eigenvalue weighted by Gasteiger charge is 2.27. The molecule has 2 aliphatic rings. The third kappa shape index (κ3) is 5.02. The first-order chi connectivity index (χ1) is 13.0. The number of carbonyl (C=O) groups is 2. The number of Topliss-reactive ketones (excluding diaryl/α,β-unsaturated/α-hetero) is 1. The van der Waals surface area contributed by atoms with E-state index in [1.165, 1.54) is 18.3 Å². The average molecular weight is 372 g/mol. The van der Waals surface area contributed by atoms with Crippen LogP contribution in [0.25, 0.3) is 0 Å². The molecule has 0 bridgehead atoms. The molecule has 1 atom stereocenters. The lowest BCUT2D eigenvalue weighted by Crippen LogP contribution is -2.37. The number of nitrogens with zero attached hydrogens (tertiary/aromatic N) is 2. The number of aromatic carboxylic acids is 1. The fraction of sp³-hybridized carbons (Fsp3) is 0.450. The Morgan fingerprint density at radius 2 is 1.93 bits per heavy atom. The van der Waals surface area contributed by atoms with Crippen molar-refractivity contribution in [2.24, 2.45) is 4.99 Å². The maximum absolute atomic E-state index is 12.4. The molecule has 144 valence electrons. The number of ether oxygens (including phenoxy) is 1. The molecular formula is C20H24N2O5. The van der Waals surface area contributed by atoms with Gasteiger partial charge in [-0.2, -0.15) is 0 Å². The van der Waals surface area contributed by atoms with Crippen molar-refractivity contribution in [2.45, 2.75) is 18.8 Å². The van der Waals surface area contributed by atoms with Crippen molar-refractivity contribution in [3.05, 3.63) is 46.7 Å². The van der Waals surface area contributed by atoms with Gasteiger partial charge in [0.2, 0.25) is 0 Å². The number of allylic oxidation sites excluding steroid dienone is 2. The summed E-state index contributed by atoms with van der Waals surface area (Å²) in [5, 5.41) is 19.3. The summed E-state index contributed by atoms with van der Waals surface area (Å²) in [5.74, 6) is -1.22. The standard InChI is InChI=1S/C20H24N2O5/c23-18-11-16(14-1-3-15(4-2-14)20(25)26)12-19(24)17(18)13-21-5-6-22-7-9-27-10-8-22/h1-4,13,16,23H,5-12H2,(H,25,26). The van der Waals surface area contributed by atoms with Crippen LogP contribution < -0.4 is 0 Å². The van der Waals surface area contributed by atoms with Crippen molar-refractivity contribution in [1.29, 1.82) is 0 Å². The highest BCUT2D eigenvalue weighted by molar-refractivity contribution is 6.14. The zero-order chi connectivity index (χ0) is 19.2. The Kier molecular flexibility index (Phi) is 6.36. The quantitative estimate of drug-likeness (QED) is 0.742. The molecule has 1 aromatic carbocycles. The Labute approximate surface area is 158 Å². The van der Waals surface area contributed by atoms with E-state index in [4.69, 9.17) is 9.84 Å². The Bertz CT molecular complexity index is 748. The number of carboxylic acid groups (broad SMARTS) is 1. The smallest absolute Gasteiger partial charge is 0.335 e. The third-order valence-corrected chi connectivity index (χ3v) is 4.98. The minimum Gasteiger partial charge on any atom is -0.511 e. The van der Waals surface area contributed by atoms with Crippen molar-refractivity contribution < 1.29 is 24.5 Å². The summed E-state index contributed by atoms with van der Waals surface area (Å²) in [4.78, 5) is 29.9. The average Bonchev–Trinajstić information content (AvgIpc) is 2.67. The van der Waals surface area contributed by atoms with Crippen LogP contribution in [-0.2, 0) is 9.53 Å². The number of aliphatic hydroxyl groups is 1. The first kappa shape index (κ1) is 19.3. The zero-order valence-corrected chi connectivity index (χ0v) is 15.1. The van der Waals surface area contributed by atoms with Gasteiger partial charge < -0.3 is 14.9 Å². The van der Waals surface area contributed by atoms with Crippen LogP contribution in [0.4, 0.5) is 0 Å². The molecule has 1 heterocycles. The van der Waals surface area contributed by atoms with Crippen LogP contribution in [0, 0.1) is 0 Å². The predicted octanol–water partition coefficient (Wildman–Crippen LogP) is 2.05. The second-order valence-corrected chi connectivity index (χ2v) is 6.81. The summed E-state index contributed by atoms with van der Waals surface area (Å²) >= 11 is 0. The van der Waals surface area contributed by atoms with Crippen molar-refractivity contribution >= 4 is 18.0 Å². The number of hydrogen-bond donors (Lipinski definition) is 2. The number of ketones is 1. The lowest BCUT2D eigenvalue weighted by molar-refractivity contribution is -0.116. The number of rotatable bonds is 6.